The van der Waals surface area contributed by atoms with E-state index >= 15 is 0 Å². The molecule has 1 amide bonds. The van der Waals surface area contributed by atoms with Crippen LogP contribution in [0.15, 0.2) is 78.6 Å². The number of amides is 1. The molecule has 4 rings (SSSR count). The summed E-state index contributed by atoms with van der Waals surface area (Å²) in [7, 11) is 1.64. The highest BCUT2D eigenvalue weighted by molar-refractivity contribution is 8.24. The van der Waals surface area contributed by atoms with Crippen molar-refractivity contribution in [3.8, 4) is 5.75 Å². The maximum atomic E-state index is 12.8. The molecule has 1 saturated heterocycles. The van der Waals surface area contributed by atoms with Gasteiger partial charge in [-0.05, 0) is 29.9 Å². The van der Waals surface area contributed by atoms with E-state index in [1.807, 2.05) is 72.8 Å². The van der Waals surface area contributed by atoms with Gasteiger partial charge in [-0.1, -0.05) is 72.5 Å². The van der Waals surface area contributed by atoms with Crippen LogP contribution in [0.2, 0.25) is 0 Å². The molecule has 2 aliphatic heterocycles. The first-order valence-electron chi connectivity index (χ1n) is 8.91. The normalized spacial score (nSPS) is 22.8. The Balaban J connectivity index is 1.46. The Morgan fingerprint density at radius 1 is 1.18 bits per heavy atom. The number of carbonyl (C=O) groups excluding carboxylic acids is 1. The summed E-state index contributed by atoms with van der Waals surface area (Å²) in [5, 5.41) is -0.368. The van der Waals surface area contributed by atoms with Gasteiger partial charge in [-0.3, -0.25) is 9.69 Å². The van der Waals surface area contributed by atoms with E-state index in [2.05, 4.69) is 0 Å². The van der Waals surface area contributed by atoms with Gasteiger partial charge < -0.3 is 9.47 Å². The number of methoxy groups -OCH3 is 1. The number of rotatable bonds is 5. The van der Waals surface area contributed by atoms with Gasteiger partial charge in [0, 0.05) is 5.56 Å². The molecule has 0 aliphatic carbocycles. The molecule has 2 aliphatic rings. The quantitative estimate of drug-likeness (QED) is 0.673. The van der Waals surface area contributed by atoms with Gasteiger partial charge in [-0.25, -0.2) is 0 Å². The first kappa shape index (κ1) is 18.8. The van der Waals surface area contributed by atoms with Crippen molar-refractivity contribution < 1.29 is 14.3 Å². The minimum Gasteiger partial charge on any atom is -0.496 e. The van der Waals surface area contributed by atoms with Crippen molar-refractivity contribution in [2.24, 2.45) is 0 Å². The molecule has 2 aromatic carbocycles. The van der Waals surface area contributed by atoms with Gasteiger partial charge in [0.2, 0.25) is 5.91 Å². The number of hydrogen-bond donors (Lipinski definition) is 0. The molecule has 0 spiro atoms. The van der Waals surface area contributed by atoms with Crippen molar-refractivity contribution >= 4 is 34.2 Å². The van der Waals surface area contributed by atoms with Crippen LogP contribution < -0.4 is 4.74 Å². The Morgan fingerprint density at radius 3 is 2.71 bits per heavy atom. The molecule has 0 aromatic heterocycles. The third-order valence-corrected chi connectivity index (χ3v) is 6.12. The fourth-order valence-corrected chi connectivity index (χ4v) is 4.59. The molecule has 0 N–H and O–H groups in total. The van der Waals surface area contributed by atoms with E-state index in [4.69, 9.17) is 21.7 Å². The highest BCUT2D eigenvalue weighted by Crippen LogP contribution is 2.36. The molecule has 142 valence electrons. The van der Waals surface area contributed by atoms with Crippen LogP contribution in [0.25, 0.3) is 0 Å². The monoisotopic (exact) mass is 409 g/mol. The van der Waals surface area contributed by atoms with Gasteiger partial charge in [0.15, 0.2) is 0 Å². The maximum absolute atomic E-state index is 12.8. The third kappa shape index (κ3) is 3.84. The highest BCUT2D eigenvalue weighted by Gasteiger charge is 2.36. The summed E-state index contributed by atoms with van der Waals surface area (Å²) < 4.78 is 12.0. The molecular formula is C22H19NO3S2. The van der Waals surface area contributed by atoms with Crippen LogP contribution >= 0.6 is 24.0 Å². The summed E-state index contributed by atoms with van der Waals surface area (Å²) in [4.78, 5) is 14.5. The topological polar surface area (TPSA) is 38.8 Å². The van der Waals surface area contributed by atoms with E-state index in [1.165, 1.54) is 11.8 Å². The van der Waals surface area contributed by atoms with Crippen LogP contribution in [0.3, 0.4) is 0 Å². The molecule has 6 heteroatoms. The predicted octanol–water partition coefficient (Wildman–Crippen LogP) is 4.64. The number of thiocarbonyl (C=S) groups is 1. The SMILES string of the molecule is COc1ccccc1C1C=C/C(=C\C2SC(=S)N(Cc3ccccc3)C2=O)O1. The van der Waals surface area contributed by atoms with Gasteiger partial charge in [0.25, 0.3) is 0 Å². The number of carbonyl (C=O) groups is 1. The van der Waals surface area contributed by atoms with Crippen LogP contribution in [0.1, 0.15) is 17.2 Å². The number of para-hydroxylation sites is 1. The van der Waals surface area contributed by atoms with Crippen molar-refractivity contribution in [2.45, 2.75) is 17.9 Å². The smallest absolute Gasteiger partial charge is 0.245 e. The van der Waals surface area contributed by atoms with Gasteiger partial charge in [-0.15, -0.1) is 0 Å². The number of benzene rings is 2. The fourth-order valence-electron chi connectivity index (χ4n) is 3.20. The second-order valence-corrected chi connectivity index (χ2v) is 8.20. The Labute approximate surface area is 173 Å². The summed E-state index contributed by atoms with van der Waals surface area (Å²) in [5.74, 6) is 1.44. The van der Waals surface area contributed by atoms with Crippen molar-refractivity contribution in [1.29, 1.82) is 0 Å². The minimum atomic E-state index is -0.368. The number of hydrogen-bond acceptors (Lipinski definition) is 5. The summed E-state index contributed by atoms with van der Waals surface area (Å²) in [5.41, 5.74) is 2.01. The van der Waals surface area contributed by atoms with Crippen molar-refractivity contribution in [1.82, 2.24) is 4.90 Å². The lowest BCUT2D eigenvalue weighted by molar-refractivity contribution is -0.125. The minimum absolute atomic E-state index is 0.0101. The summed E-state index contributed by atoms with van der Waals surface area (Å²) in [6.45, 7) is 0.492. The van der Waals surface area contributed by atoms with Crippen LogP contribution in [0, 0.1) is 0 Å². The number of allylic oxidation sites excluding steroid dienone is 1. The molecule has 1 fully saturated rings. The molecule has 2 aromatic rings. The fraction of sp³-hybridized carbons (Fsp3) is 0.182. The molecule has 0 radical (unpaired) electrons. The third-order valence-electron chi connectivity index (χ3n) is 4.60. The van der Waals surface area contributed by atoms with E-state index in [1.54, 1.807) is 12.0 Å². The number of thioether (sulfide) groups is 1. The highest BCUT2D eigenvalue weighted by atomic mass is 32.2. The zero-order chi connectivity index (χ0) is 19.5. The predicted molar refractivity (Wildman–Crippen MR) is 115 cm³/mol. The first-order chi connectivity index (χ1) is 13.7. The summed E-state index contributed by atoms with van der Waals surface area (Å²) >= 11 is 6.82. The van der Waals surface area contributed by atoms with Crippen LogP contribution in [-0.4, -0.2) is 27.5 Å². The van der Waals surface area contributed by atoms with E-state index in [9.17, 15) is 4.79 Å². The lowest BCUT2D eigenvalue weighted by Crippen LogP contribution is -2.30. The molecule has 2 atom stereocenters. The van der Waals surface area contributed by atoms with Gasteiger partial charge >= 0.3 is 0 Å². The lowest BCUT2D eigenvalue weighted by Gasteiger charge is -2.16. The number of ether oxygens (including phenoxy) is 2. The lowest BCUT2D eigenvalue weighted by atomic mass is 10.1. The second kappa shape index (κ2) is 8.20. The average molecular weight is 410 g/mol. The zero-order valence-electron chi connectivity index (χ0n) is 15.3. The zero-order valence-corrected chi connectivity index (χ0v) is 16.9. The van der Waals surface area contributed by atoms with E-state index in [0.29, 0.717) is 16.6 Å². The van der Waals surface area contributed by atoms with Crippen molar-refractivity contribution in [3.63, 3.8) is 0 Å². The Kier molecular flexibility index (Phi) is 5.50. The molecule has 2 heterocycles. The Hall–Kier alpha value is -2.57. The Morgan fingerprint density at radius 2 is 1.93 bits per heavy atom. The molecule has 4 nitrogen and oxygen atoms in total. The van der Waals surface area contributed by atoms with Crippen LogP contribution in [0.4, 0.5) is 0 Å². The molecular weight excluding hydrogens is 390 g/mol. The van der Waals surface area contributed by atoms with E-state index < -0.39 is 0 Å². The molecule has 28 heavy (non-hydrogen) atoms. The largest absolute Gasteiger partial charge is 0.496 e. The van der Waals surface area contributed by atoms with Crippen LogP contribution in [-0.2, 0) is 16.1 Å². The molecule has 0 saturated carbocycles. The van der Waals surface area contributed by atoms with Gasteiger partial charge in [0.05, 0.1) is 13.7 Å². The van der Waals surface area contributed by atoms with Gasteiger partial charge in [-0.2, -0.15) is 0 Å². The standard InChI is InChI=1S/C22H19NO3S2/c1-25-18-10-6-5-9-17(18)19-12-11-16(26-19)13-20-21(24)23(22(27)28-20)14-15-7-3-2-4-8-15/h2-13,19-20H,14H2,1H3/b16-13+. The van der Waals surface area contributed by atoms with Crippen LogP contribution in [0.5, 0.6) is 5.75 Å². The molecule has 2 unspecified atom stereocenters. The second-order valence-electron chi connectivity index (χ2n) is 6.42. The average Bonchev–Trinajstić information content (AvgIpc) is 3.29. The molecule has 0 bridgehead atoms. The van der Waals surface area contributed by atoms with Gasteiger partial charge in [0.1, 0.15) is 27.2 Å². The summed E-state index contributed by atoms with van der Waals surface area (Å²) in [6, 6.07) is 17.6. The first-order valence-corrected chi connectivity index (χ1v) is 10.2. The van der Waals surface area contributed by atoms with E-state index in [-0.39, 0.29) is 17.3 Å². The van der Waals surface area contributed by atoms with Crippen molar-refractivity contribution in [2.75, 3.05) is 7.11 Å². The van der Waals surface area contributed by atoms with E-state index in [0.717, 1.165) is 16.9 Å². The summed E-state index contributed by atoms with van der Waals surface area (Å²) in [6.07, 6.45) is 5.48. The van der Waals surface area contributed by atoms with Crippen molar-refractivity contribution in [3.05, 3.63) is 89.7 Å². The number of nitrogens with zero attached hydrogens (tertiary/aromatic N) is 1. The maximum Gasteiger partial charge on any atom is 0.245 e. The Bertz CT molecular complexity index is 955.